The quantitative estimate of drug-likeness (QED) is 0.511. The first-order chi connectivity index (χ1) is 15.9. The number of ether oxygens (including phenoxy) is 2. The van der Waals surface area contributed by atoms with Gasteiger partial charge in [0.05, 0.1) is 18.9 Å². The summed E-state index contributed by atoms with van der Waals surface area (Å²) in [5.41, 5.74) is 5.45. The van der Waals surface area contributed by atoms with E-state index in [1.165, 1.54) is 11.3 Å². The molecule has 0 radical (unpaired) electrons. The SMILES string of the molecule is C=C/C(=C(C)/C=C\C)c1nc(-c2nccs2)c2c(n1)[C@]1(C)CCC3(OCCO3)[C@H](C)[C@H]1CC2. The lowest BCUT2D eigenvalue weighted by molar-refractivity contribution is -0.234. The van der Waals surface area contributed by atoms with Crippen LogP contribution in [0.15, 0.2) is 42.0 Å². The van der Waals surface area contributed by atoms with E-state index < -0.39 is 5.79 Å². The summed E-state index contributed by atoms with van der Waals surface area (Å²) in [7, 11) is 0. The van der Waals surface area contributed by atoms with Crippen molar-refractivity contribution in [3.63, 3.8) is 0 Å². The van der Waals surface area contributed by atoms with Crippen LogP contribution in [0.4, 0.5) is 0 Å². The van der Waals surface area contributed by atoms with Crippen molar-refractivity contribution >= 4 is 16.9 Å². The highest BCUT2D eigenvalue weighted by Crippen LogP contribution is 2.57. The van der Waals surface area contributed by atoms with Crippen LogP contribution < -0.4 is 0 Å². The van der Waals surface area contributed by atoms with Crippen LogP contribution in [-0.4, -0.2) is 34.0 Å². The van der Waals surface area contributed by atoms with Gasteiger partial charge in [-0.25, -0.2) is 15.0 Å². The van der Waals surface area contributed by atoms with Gasteiger partial charge in [-0.15, -0.1) is 11.3 Å². The Bertz CT molecular complexity index is 1110. The fourth-order valence-corrected chi connectivity index (χ4v) is 7.00. The molecule has 6 heteroatoms. The van der Waals surface area contributed by atoms with Gasteiger partial charge in [0.25, 0.3) is 0 Å². The van der Waals surface area contributed by atoms with Gasteiger partial charge in [0.15, 0.2) is 11.6 Å². The Labute approximate surface area is 200 Å². The molecule has 3 heterocycles. The fourth-order valence-electron chi connectivity index (χ4n) is 6.34. The largest absolute Gasteiger partial charge is 0.347 e. The molecule has 0 aromatic carbocycles. The molecule has 0 unspecified atom stereocenters. The van der Waals surface area contributed by atoms with Gasteiger partial charge in [-0.3, -0.25) is 0 Å². The Kier molecular flexibility index (Phi) is 5.88. The number of hydrogen-bond donors (Lipinski definition) is 0. The predicted octanol–water partition coefficient (Wildman–Crippen LogP) is 6.13. The van der Waals surface area contributed by atoms with Gasteiger partial charge < -0.3 is 9.47 Å². The molecule has 0 N–H and O–H groups in total. The molecule has 2 aromatic rings. The maximum Gasteiger partial charge on any atom is 0.171 e. The molecule has 5 rings (SSSR count). The minimum absolute atomic E-state index is 0.0575. The summed E-state index contributed by atoms with van der Waals surface area (Å²) in [4.78, 5) is 15.0. The first-order valence-corrected chi connectivity index (χ1v) is 12.9. The smallest absolute Gasteiger partial charge is 0.171 e. The normalized spacial score (nSPS) is 29.1. The highest BCUT2D eigenvalue weighted by atomic mass is 32.1. The van der Waals surface area contributed by atoms with Crippen molar-refractivity contribution in [1.82, 2.24) is 15.0 Å². The van der Waals surface area contributed by atoms with E-state index in [0.717, 1.165) is 53.4 Å². The van der Waals surface area contributed by atoms with E-state index in [-0.39, 0.29) is 5.41 Å². The van der Waals surface area contributed by atoms with E-state index in [4.69, 9.17) is 19.4 Å². The lowest BCUT2D eigenvalue weighted by Gasteiger charge is -2.54. The first-order valence-electron chi connectivity index (χ1n) is 12.0. The Balaban J connectivity index is 1.69. The molecule has 1 saturated carbocycles. The van der Waals surface area contributed by atoms with Gasteiger partial charge in [-0.2, -0.15) is 0 Å². The van der Waals surface area contributed by atoms with Crippen LogP contribution in [0.2, 0.25) is 0 Å². The number of nitrogens with zero attached hydrogens (tertiary/aromatic N) is 3. The Morgan fingerprint density at radius 2 is 2.03 bits per heavy atom. The monoisotopic (exact) mass is 463 g/mol. The van der Waals surface area contributed by atoms with Crippen LogP contribution in [0.3, 0.4) is 0 Å². The molecule has 1 spiro atoms. The van der Waals surface area contributed by atoms with Crippen LogP contribution in [0, 0.1) is 11.8 Å². The zero-order valence-electron chi connectivity index (χ0n) is 20.1. The van der Waals surface area contributed by atoms with Crippen molar-refractivity contribution in [3.8, 4) is 10.7 Å². The molecule has 1 aliphatic heterocycles. The molecule has 174 valence electrons. The lowest BCUT2D eigenvalue weighted by atomic mass is 9.55. The number of thiazole rings is 1. The van der Waals surface area contributed by atoms with Crippen molar-refractivity contribution < 1.29 is 9.47 Å². The summed E-state index contributed by atoms with van der Waals surface area (Å²) < 4.78 is 12.4. The lowest BCUT2D eigenvalue weighted by Crippen LogP contribution is -2.55. The molecule has 2 aliphatic carbocycles. The van der Waals surface area contributed by atoms with Gasteiger partial charge in [0.1, 0.15) is 10.7 Å². The van der Waals surface area contributed by atoms with Gasteiger partial charge in [-0.05, 0) is 44.6 Å². The number of allylic oxidation sites excluding steroid dienone is 5. The summed E-state index contributed by atoms with van der Waals surface area (Å²) in [5, 5.41) is 2.99. The number of rotatable bonds is 4. The summed E-state index contributed by atoms with van der Waals surface area (Å²) in [6.45, 7) is 14.3. The minimum atomic E-state index is -0.426. The summed E-state index contributed by atoms with van der Waals surface area (Å²) in [6.07, 6.45) is 11.8. The van der Waals surface area contributed by atoms with Gasteiger partial charge >= 0.3 is 0 Å². The number of aromatic nitrogens is 3. The van der Waals surface area contributed by atoms with Gasteiger partial charge in [0.2, 0.25) is 0 Å². The summed E-state index contributed by atoms with van der Waals surface area (Å²) in [5.74, 6) is 1.07. The topological polar surface area (TPSA) is 57.1 Å². The second-order valence-corrected chi connectivity index (χ2v) is 10.6. The van der Waals surface area contributed by atoms with Crippen LogP contribution in [-0.2, 0) is 21.3 Å². The molecule has 3 aliphatic rings. The average Bonchev–Trinajstić information content (AvgIpc) is 3.51. The van der Waals surface area contributed by atoms with Crippen molar-refractivity contribution in [2.75, 3.05) is 13.2 Å². The third-order valence-corrected chi connectivity index (χ3v) is 8.84. The summed E-state index contributed by atoms with van der Waals surface area (Å²) >= 11 is 1.64. The highest BCUT2D eigenvalue weighted by Gasteiger charge is 2.57. The van der Waals surface area contributed by atoms with E-state index in [0.29, 0.717) is 25.0 Å². The minimum Gasteiger partial charge on any atom is -0.347 e. The van der Waals surface area contributed by atoms with Crippen molar-refractivity contribution in [2.24, 2.45) is 11.8 Å². The summed E-state index contributed by atoms with van der Waals surface area (Å²) in [6, 6.07) is 0. The third kappa shape index (κ3) is 3.54. The Hall–Kier alpha value is -2.15. The van der Waals surface area contributed by atoms with E-state index in [1.54, 1.807) is 11.3 Å². The zero-order chi connectivity index (χ0) is 23.2. The van der Waals surface area contributed by atoms with E-state index in [1.807, 2.05) is 30.7 Å². The molecule has 33 heavy (non-hydrogen) atoms. The molecule has 0 amide bonds. The number of fused-ring (bicyclic) bond motifs is 3. The molecule has 5 nitrogen and oxygen atoms in total. The highest BCUT2D eigenvalue weighted by molar-refractivity contribution is 7.13. The fraction of sp³-hybridized carbons (Fsp3) is 0.519. The van der Waals surface area contributed by atoms with Crippen LogP contribution >= 0.6 is 11.3 Å². The number of hydrogen-bond acceptors (Lipinski definition) is 6. The maximum atomic E-state index is 6.20. The predicted molar refractivity (Wildman–Crippen MR) is 133 cm³/mol. The second kappa shape index (κ2) is 8.57. The van der Waals surface area contributed by atoms with Crippen molar-refractivity contribution in [1.29, 1.82) is 0 Å². The second-order valence-electron chi connectivity index (χ2n) is 9.72. The van der Waals surface area contributed by atoms with E-state index in [2.05, 4.69) is 38.4 Å². The Morgan fingerprint density at radius 3 is 2.70 bits per heavy atom. The molecule has 0 bridgehead atoms. The van der Waals surface area contributed by atoms with Crippen LogP contribution in [0.1, 0.15) is 64.0 Å². The third-order valence-electron chi connectivity index (χ3n) is 8.06. The van der Waals surface area contributed by atoms with E-state index in [9.17, 15) is 0 Å². The van der Waals surface area contributed by atoms with Crippen molar-refractivity contribution in [2.45, 2.75) is 64.6 Å². The molecule has 2 aromatic heterocycles. The standard InChI is InChI=1S/C27H33N3O2S/c1-6-8-17(3)19(7-2)24-29-22(25-28-13-16-33-25)20-9-10-21-18(4)27(31-14-15-32-27)12-11-26(21,5)23(20)30-24/h6-8,13,16,18,21H,2,9-12,14-15H2,1,3-5H3/b8-6-,19-17-/t18-,21-,26-/m1/s1. The average molecular weight is 464 g/mol. The Morgan fingerprint density at radius 1 is 1.24 bits per heavy atom. The van der Waals surface area contributed by atoms with Gasteiger partial charge in [-0.1, -0.05) is 38.7 Å². The molecular formula is C27H33N3O2S. The van der Waals surface area contributed by atoms with Crippen LogP contribution in [0.25, 0.3) is 16.3 Å². The van der Waals surface area contributed by atoms with Crippen molar-refractivity contribution in [3.05, 3.63) is 59.0 Å². The molecule has 1 saturated heterocycles. The first kappa shape index (κ1) is 22.6. The van der Waals surface area contributed by atoms with E-state index >= 15 is 0 Å². The maximum absolute atomic E-state index is 6.20. The zero-order valence-corrected chi connectivity index (χ0v) is 20.9. The van der Waals surface area contributed by atoms with Crippen LogP contribution in [0.5, 0.6) is 0 Å². The molecule has 2 fully saturated rings. The molecular weight excluding hydrogens is 430 g/mol. The van der Waals surface area contributed by atoms with Gasteiger partial charge in [0, 0.05) is 40.5 Å². The molecule has 3 atom stereocenters.